The van der Waals surface area contributed by atoms with E-state index in [1.54, 1.807) is 0 Å². The summed E-state index contributed by atoms with van der Waals surface area (Å²) in [6.07, 6.45) is 91.4. The van der Waals surface area contributed by atoms with Crippen LogP contribution in [0.2, 0.25) is 0 Å². The van der Waals surface area contributed by atoms with Crippen LogP contribution < -0.4 is 0 Å². The predicted molar refractivity (Wildman–Crippen MR) is 362 cm³/mol. The van der Waals surface area contributed by atoms with Crippen molar-refractivity contribution in [2.24, 2.45) is 0 Å². The molecule has 0 amide bonds. The Morgan fingerprint density at radius 3 is 0.687 bits per heavy atom. The van der Waals surface area contributed by atoms with Crippen LogP contribution in [0.1, 0.15) is 406 Å². The van der Waals surface area contributed by atoms with Gasteiger partial charge in [-0.1, -0.05) is 352 Å². The van der Waals surface area contributed by atoms with Crippen LogP contribution in [0, 0.1) is 0 Å². The highest BCUT2D eigenvalue weighted by Gasteiger charge is 2.19. The number of carbonyl (C=O) groups is 3. The summed E-state index contributed by atoms with van der Waals surface area (Å²) in [5.41, 5.74) is 0. The van der Waals surface area contributed by atoms with E-state index in [0.717, 1.165) is 77.0 Å². The van der Waals surface area contributed by atoms with Crippen LogP contribution >= 0.6 is 0 Å². The topological polar surface area (TPSA) is 78.9 Å². The van der Waals surface area contributed by atoms with Gasteiger partial charge in [-0.2, -0.15) is 0 Å². The average Bonchev–Trinajstić information content (AvgIpc) is 3.49. The van der Waals surface area contributed by atoms with Gasteiger partial charge < -0.3 is 14.2 Å². The SMILES string of the molecule is CCCCCCC/C=C\C/C=C\C/C=C\CCCCCCCCCCC(=O)OCC(COC(=O)CCCCCCCCCCCCCCCCCCCCC)OC(=O)CCCCCCCCCCCCC/C=C\CCCCCCCCCC. The third-order valence-electron chi connectivity index (χ3n) is 16.8. The third-order valence-corrected chi connectivity index (χ3v) is 16.8. The molecule has 0 aromatic heterocycles. The van der Waals surface area contributed by atoms with E-state index in [9.17, 15) is 14.4 Å². The summed E-state index contributed by atoms with van der Waals surface area (Å²) in [4.78, 5) is 38.6. The molecule has 0 radical (unpaired) electrons. The van der Waals surface area contributed by atoms with Crippen molar-refractivity contribution in [2.45, 2.75) is 412 Å². The number of hydrogen-bond acceptors (Lipinski definition) is 6. The molecular weight excluding hydrogens is 1020 g/mol. The van der Waals surface area contributed by atoms with Crippen molar-refractivity contribution in [1.29, 1.82) is 0 Å². The molecule has 0 aliphatic rings. The number of esters is 3. The Morgan fingerprint density at radius 1 is 0.241 bits per heavy atom. The lowest BCUT2D eigenvalue weighted by Crippen LogP contribution is -2.30. The molecule has 0 heterocycles. The highest BCUT2D eigenvalue weighted by atomic mass is 16.6. The van der Waals surface area contributed by atoms with Crippen molar-refractivity contribution in [3.8, 4) is 0 Å². The summed E-state index contributed by atoms with van der Waals surface area (Å²) in [6, 6.07) is 0. The summed E-state index contributed by atoms with van der Waals surface area (Å²) in [7, 11) is 0. The maximum absolute atomic E-state index is 13.0. The third kappa shape index (κ3) is 70.0. The molecule has 0 saturated carbocycles. The van der Waals surface area contributed by atoms with Gasteiger partial charge in [0.05, 0.1) is 0 Å². The molecule has 0 spiro atoms. The maximum atomic E-state index is 13.0. The largest absolute Gasteiger partial charge is 0.462 e. The standard InChI is InChI=1S/C77H142O6/c1-4-7-10-13-16-19-22-25-28-31-34-36-38-40-43-46-49-52-55-58-61-64-67-70-76(79)82-73-74(72-81-75(78)69-66-63-60-57-54-51-48-45-42-33-30-27-24-21-18-15-12-9-6-3)83-77(80)71-68-65-62-59-56-53-50-47-44-41-39-37-35-32-29-26-23-20-17-14-11-8-5-2/h22,25,31-32,34-35,38,40,74H,4-21,23-24,26-30,33,36-37,39,41-73H2,1-3H3/b25-22-,34-31-,35-32-,40-38-. The number of unbranched alkanes of at least 4 members (excludes halogenated alkanes) is 50. The van der Waals surface area contributed by atoms with Crippen LogP contribution in [0.5, 0.6) is 0 Å². The Hall–Kier alpha value is -2.63. The van der Waals surface area contributed by atoms with Crippen LogP contribution in [0.4, 0.5) is 0 Å². The fraction of sp³-hybridized carbons (Fsp3) is 0.857. The molecule has 0 bridgehead atoms. The van der Waals surface area contributed by atoms with Crippen LogP contribution in [0.15, 0.2) is 48.6 Å². The predicted octanol–water partition coefficient (Wildman–Crippen LogP) is 25.7. The molecule has 1 atom stereocenters. The summed E-state index contributed by atoms with van der Waals surface area (Å²) >= 11 is 0. The zero-order chi connectivity index (χ0) is 59.9. The molecule has 0 aliphatic carbocycles. The molecular formula is C77H142O6. The molecule has 0 aromatic carbocycles. The Kier molecular flexibility index (Phi) is 69.6. The lowest BCUT2D eigenvalue weighted by atomic mass is 10.0. The second-order valence-electron chi connectivity index (χ2n) is 25.2. The van der Waals surface area contributed by atoms with Crippen molar-refractivity contribution in [2.75, 3.05) is 13.2 Å². The molecule has 6 nitrogen and oxygen atoms in total. The van der Waals surface area contributed by atoms with Crippen molar-refractivity contribution in [3.63, 3.8) is 0 Å². The quantitative estimate of drug-likeness (QED) is 0.0261. The zero-order valence-electron chi connectivity index (χ0n) is 56.0. The van der Waals surface area contributed by atoms with Crippen molar-refractivity contribution >= 4 is 17.9 Å². The van der Waals surface area contributed by atoms with E-state index in [4.69, 9.17) is 14.2 Å². The van der Waals surface area contributed by atoms with Gasteiger partial charge in [-0.05, 0) is 83.5 Å². The molecule has 0 rings (SSSR count). The Morgan fingerprint density at radius 2 is 0.434 bits per heavy atom. The van der Waals surface area contributed by atoms with Crippen molar-refractivity contribution < 1.29 is 28.6 Å². The first-order chi connectivity index (χ1) is 41.0. The number of ether oxygens (including phenoxy) is 3. The van der Waals surface area contributed by atoms with Crippen LogP contribution in [0.25, 0.3) is 0 Å². The fourth-order valence-electron chi connectivity index (χ4n) is 11.2. The van der Waals surface area contributed by atoms with Gasteiger partial charge >= 0.3 is 17.9 Å². The van der Waals surface area contributed by atoms with E-state index < -0.39 is 6.10 Å². The van der Waals surface area contributed by atoms with E-state index in [1.165, 1.54) is 289 Å². The smallest absolute Gasteiger partial charge is 0.306 e. The van der Waals surface area contributed by atoms with Gasteiger partial charge in [-0.3, -0.25) is 14.4 Å². The second kappa shape index (κ2) is 71.8. The Balaban J connectivity index is 4.34. The van der Waals surface area contributed by atoms with E-state index in [1.807, 2.05) is 0 Å². The molecule has 6 heteroatoms. The Labute approximate surface area is 518 Å². The first-order valence-electron chi connectivity index (χ1n) is 37.1. The number of hydrogen-bond donors (Lipinski definition) is 0. The average molecular weight is 1160 g/mol. The van der Waals surface area contributed by atoms with Gasteiger partial charge in [-0.25, -0.2) is 0 Å². The first-order valence-corrected chi connectivity index (χ1v) is 37.1. The normalized spacial score (nSPS) is 12.3. The van der Waals surface area contributed by atoms with E-state index >= 15 is 0 Å². The monoisotopic (exact) mass is 1160 g/mol. The molecule has 0 N–H and O–H groups in total. The number of carbonyl (C=O) groups excluding carboxylic acids is 3. The summed E-state index contributed by atoms with van der Waals surface area (Å²) in [6.45, 7) is 6.70. The van der Waals surface area contributed by atoms with Gasteiger partial charge in [-0.15, -0.1) is 0 Å². The van der Waals surface area contributed by atoms with E-state index in [-0.39, 0.29) is 31.1 Å². The highest BCUT2D eigenvalue weighted by Crippen LogP contribution is 2.18. The minimum absolute atomic E-state index is 0.0709. The van der Waals surface area contributed by atoms with Crippen molar-refractivity contribution in [3.05, 3.63) is 48.6 Å². The second-order valence-corrected chi connectivity index (χ2v) is 25.2. The molecule has 0 saturated heterocycles. The fourth-order valence-corrected chi connectivity index (χ4v) is 11.2. The minimum atomic E-state index is -0.777. The summed E-state index contributed by atoms with van der Waals surface area (Å²) in [5.74, 6) is -0.849. The van der Waals surface area contributed by atoms with Gasteiger partial charge in [0.25, 0.3) is 0 Å². The van der Waals surface area contributed by atoms with Crippen LogP contribution in [-0.2, 0) is 28.6 Å². The lowest BCUT2D eigenvalue weighted by molar-refractivity contribution is -0.167. The minimum Gasteiger partial charge on any atom is -0.462 e. The Bertz CT molecular complexity index is 1430. The molecule has 486 valence electrons. The van der Waals surface area contributed by atoms with Gasteiger partial charge in [0.2, 0.25) is 0 Å². The lowest BCUT2D eigenvalue weighted by Gasteiger charge is -2.18. The van der Waals surface area contributed by atoms with Crippen LogP contribution in [-0.4, -0.2) is 37.2 Å². The van der Waals surface area contributed by atoms with E-state index in [2.05, 4.69) is 69.4 Å². The highest BCUT2D eigenvalue weighted by molar-refractivity contribution is 5.71. The maximum Gasteiger partial charge on any atom is 0.306 e. The van der Waals surface area contributed by atoms with Gasteiger partial charge in [0, 0.05) is 19.3 Å². The van der Waals surface area contributed by atoms with Gasteiger partial charge in [0.15, 0.2) is 6.10 Å². The number of rotatable bonds is 69. The van der Waals surface area contributed by atoms with Crippen LogP contribution in [0.3, 0.4) is 0 Å². The molecule has 0 fully saturated rings. The van der Waals surface area contributed by atoms with Crippen molar-refractivity contribution in [1.82, 2.24) is 0 Å². The summed E-state index contributed by atoms with van der Waals surface area (Å²) in [5, 5.41) is 0. The van der Waals surface area contributed by atoms with Gasteiger partial charge in [0.1, 0.15) is 13.2 Å². The molecule has 0 aliphatic heterocycles. The molecule has 0 aromatic rings. The summed E-state index contributed by atoms with van der Waals surface area (Å²) < 4.78 is 17.0. The zero-order valence-corrected chi connectivity index (χ0v) is 56.0. The molecule has 83 heavy (non-hydrogen) atoms. The van der Waals surface area contributed by atoms with E-state index in [0.29, 0.717) is 19.3 Å². The molecule has 1 unspecified atom stereocenters. The first kappa shape index (κ1) is 80.4. The number of allylic oxidation sites excluding steroid dienone is 8.